The number of hydrogen-bond donors (Lipinski definition) is 3. The molecule has 0 aliphatic carbocycles. The van der Waals surface area contributed by atoms with Gasteiger partial charge in [0.25, 0.3) is 0 Å². The topological polar surface area (TPSA) is 169 Å². The molecule has 1 atom stereocenters. The van der Waals surface area contributed by atoms with Crippen LogP contribution in [0.25, 0.3) is 23.0 Å². The van der Waals surface area contributed by atoms with Gasteiger partial charge in [-0.3, -0.25) is 19.7 Å². The standard InChI is InChI=1S/C27H27Cl2N9O5/c1-4-38(43-3)23(40)14-20(26-33-24(25(29)34-26)16-5-9-19(10-6-16)31-27(41)42-2)32-22(39)12-7-17-13-18(28)8-11-21(17)37-15-30-35-36-37/h5-13,15,20H,4,14H2,1-3H3,(H,31,41)(H,32,39)(H,33,34)/t20-/m0/s1. The summed E-state index contributed by atoms with van der Waals surface area (Å²) < 4.78 is 6.04. The van der Waals surface area contributed by atoms with Crippen LogP contribution in [0, 0.1) is 0 Å². The lowest BCUT2D eigenvalue weighted by Gasteiger charge is -2.21. The minimum absolute atomic E-state index is 0.181. The number of methoxy groups -OCH3 is 1. The number of amides is 3. The summed E-state index contributed by atoms with van der Waals surface area (Å²) in [4.78, 5) is 50.3. The summed E-state index contributed by atoms with van der Waals surface area (Å²) in [6, 6.07) is 10.9. The Balaban J connectivity index is 1.59. The van der Waals surface area contributed by atoms with E-state index in [-0.39, 0.29) is 23.3 Å². The van der Waals surface area contributed by atoms with E-state index in [4.69, 9.17) is 28.0 Å². The number of halogens is 2. The molecule has 43 heavy (non-hydrogen) atoms. The largest absolute Gasteiger partial charge is 0.453 e. The normalized spacial score (nSPS) is 11.7. The van der Waals surface area contributed by atoms with Crippen LogP contribution >= 0.6 is 23.2 Å². The van der Waals surface area contributed by atoms with Crippen molar-refractivity contribution in [2.45, 2.75) is 19.4 Å². The van der Waals surface area contributed by atoms with E-state index in [0.29, 0.717) is 39.8 Å². The average molecular weight is 628 g/mol. The van der Waals surface area contributed by atoms with E-state index < -0.39 is 18.0 Å². The molecule has 0 unspecified atom stereocenters. The van der Waals surface area contributed by atoms with E-state index in [1.165, 1.54) is 31.3 Å². The number of carbonyl (C=O) groups excluding carboxylic acids is 3. The molecule has 3 amide bonds. The molecule has 14 nitrogen and oxygen atoms in total. The van der Waals surface area contributed by atoms with Crippen LogP contribution in [0.4, 0.5) is 10.5 Å². The van der Waals surface area contributed by atoms with Crippen LogP contribution < -0.4 is 10.6 Å². The molecule has 0 saturated heterocycles. The highest BCUT2D eigenvalue weighted by molar-refractivity contribution is 6.32. The van der Waals surface area contributed by atoms with Crippen molar-refractivity contribution in [1.82, 2.24) is 40.6 Å². The molecule has 2 aromatic carbocycles. The molecule has 3 N–H and O–H groups in total. The highest BCUT2D eigenvalue weighted by atomic mass is 35.5. The number of H-pyrrole nitrogens is 1. The Bertz CT molecular complexity index is 1600. The first-order valence-electron chi connectivity index (χ1n) is 12.8. The van der Waals surface area contributed by atoms with Gasteiger partial charge in [-0.15, -0.1) is 5.10 Å². The van der Waals surface area contributed by atoms with Gasteiger partial charge in [0.2, 0.25) is 11.8 Å². The molecule has 4 rings (SSSR count). The molecule has 0 spiro atoms. The number of hydrogen-bond acceptors (Lipinski definition) is 9. The predicted molar refractivity (Wildman–Crippen MR) is 158 cm³/mol. The molecule has 224 valence electrons. The van der Waals surface area contributed by atoms with Gasteiger partial charge in [-0.25, -0.2) is 14.8 Å². The zero-order valence-electron chi connectivity index (χ0n) is 23.2. The van der Waals surface area contributed by atoms with Gasteiger partial charge in [-0.05, 0) is 53.8 Å². The molecule has 2 heterocycles. The maximum atomic E-state index is 13.1. The fraction of sp³-hybridized carbons (Fsp3) is 0.222. The number of ether oxygens (including phenoxy) is 1. The van der Waals surface area contributed by atoms with Gasteiger partial charge in [-0.1, -0.05) is 35.3 Å². The van der Waals surface area contributed by atoms with Crippen molar-refractivity contribution < 1.29 is 24.0 Å². The fourth-order valence-corrected chi connectivity index (χ4v) is 4.46. The van der Waals surface area contributed by atoms with Gasteiger partial charge in [0.1, 0.15) is 23.0 Å². The number of anilines is 1. The lowest BCUT2D eigenvalue weighted by Crippen LogP contribution is -2.36. The Kier molecular flexibility index (Phi) is 10.4. The quantitative estimate of drug-likeness (QED) is 0.163. The number of aromatic nitrogens is 6. The molecule has 2 aromatic heterocycles. The molecule has 0 bridgehead atoms. The van der Waals surface area contributed by atoms with Gasteiger partial charge in [0.15, 0.2) is 0 Å². The molecule has 0 saturated carbocycles. The third-order valence-electron chi connectivity index (χ3n) is 6.08. The number of nitrogens with one attached hydrogen (secondary N) is 3. The molecule has 0 aliphatic rings. The van der Waals surface area contributed by atoms with Crippen LogP contribution in [-0.4, -0.2) is 73.9 Å². The van der Waals surface area contributed by atoms with Crippen molar-refractivity contribution in [3.8, 4) is 16.9 Å². The molecule has 4 aromatic rings. The number of tetrazole rings is 1. The van der Waals surface area contributed by atoms with Crippen molar-refractivity contribution in [2.75, 3.05) is 26.1 Å². The van der Waals surface area contributed by atoms with E-state index in [0.717, 1.165) is 5.06 Å². The SMILES string of the molecule is CCN(OC)C(=O)C[C@H](NC(=O)C=Cc1cc(Cl)ccc1-n1cnnn1)c1nc(-c2ccc(NC(=O)OC)cc2)c(Cl)[nH]1. The second-order valence-electron chi connectivity index (χ2n) is 8.81. The maximum absolute atomic E-state index is 13.1. The van der Waals surface area contributed by atoms with Crippen LogP contribution in [0.3, 0.4) is 0 Å². The Morgan fingerprint density at radius 2 is 1.91 bits per heavy atom. The summed E-state index contributed by atoms with van der Waals surface area (Å²) in [6.07, 6.45) is 3.47. The highest BCUT2D eigenvalue weighted by Crippen LogP contribution is 2.30. The summed E-state index contributed by atoms with van der Waals surface area (Å²) in [7, 11) is 2.65. The van der Waals surface area contributed by atoms with Crippen LogP contribution in [-0.2, 0) is 19.2 Å². The Labute approximate surface area is 255 Å². The van der Waals surface area contributed by atoms with E-state index in [1.807, 2.05) is 0 Å². The first kappa shape index (κ1) is 31.2. The molecule has 0 aliphatic heterocycles. The molecule has 16 heteroatoms. The minimum atomic E-state index is -0.904. The van der Waals surface area contributed by atoms with Gasteiger partial charge in [0.05, 0.1) is 32.4 Å². The van der Waals surface area contributed by atoms with Crippen molar-refractivity contribution in [2.24, 2.45) is 0 Å². The molecular weight excluding hydrogens is 601 g/mol. The smallest absolute Gasteiger partial charge is 0.411 e. The summed E-state index contributed by atoms with van der Waals surface area (Å²) in [5, 5.41) is 18.4. The van der Waals surface area contributed by atoms with Crippen molar-refractivity contribution in [3.63, 3.8) is 0 Å². The lowest BCUT2D eigenvalue weighted by atomic mass is 10.1. The number of carbonyl (C=O) groups is 3. The number of aromatic amines is 1. The van der Waals surface area contributed by atoms with E-state index in [1.54, 1.807) is 55.5 Å². The summed E-state index contributed by atoms with van der Waals surface area (Å²) >= 11 is 12.7. The maximum Gasteiger partial charge on any atom is 0.411 e. The van der Waals surface area contributed by atoms with Gasteiger partial charge < -0.3 is 15.0 Å². The van der Waals surface area contributed by atoms with E-state index in [2.05, 4.69) is 40.9 Å². The van der Waals surface area contributed by atoms with E-state index >= 15 is 0 Å². The number of hydroxylamine groups is 2. The number of rotatable bonds is 11. The third kappa shape index (κ3) is 7.94. The van der Waals surface area contributed by atoms with E-state index in [9.17, 15) is 14.4 Å². The lowest BCUT2D eigenvalue weighted by molar-refractivity contribution is -0.175. The second kappa shape index (κ2) is 14.4. The molecule has 0 radical (unpaired) electrons. The predicted octanol–water partition coefficient (Wildman–Crippen LogP) is 4.21. The van der Waals surface area contributed by atoms with Crippen LogP contribution in [0.2, 0.25) is 10.2 Å². The minimum Gasteiger partial charge on any atom is -0.453 e. The van der Waals surface area contributed by atoms with Crippen molar-refractivity contribution >= 4 is 52.9 Å². The number of nitrogens with zero attached hydrogens (tertiary/aromatic N) is 6. The number of benzene rings is 2. The molecule has 0 fully saturated rings. The first-order valence-corrected chi connectivity index (χ1v) is 13.5. The summed E-state index contributed by atoms with van der Waals surface area (Å²) in [5.41, 5.74) is 2.69. The summed E-state index contributed by atoms with van der Waals surface area (Å²) in [6.45, 7) is 2.05. The van der Waals surface area contributed by atoms with Crippen LogP contribution in [0.1, 0.15) is 30.8 Å². The number of imidazole rings is 1. The third-order valence-corrected chi connectivity index (χ3v) is 6.59. The highest BCUT2D eigenvalue weighted by Gasteiger charge is 2.25. The molecular formula is C27H27Cl2N9O5. The average Bonchev–Trinajstić information content (AvgIpc) is 3.67. The Morgan fingerprint density at radius 1 is 1.14 bits per heavy atom. The zero-order chi connectivity index (χ0) is 30.9. The van der Waals surface area contributed by atoms with Gasteiger partial charge >= 0.3 is 6.09 Å². The van der Waals surface area contributed by atoms with Crippen molar-refractivity contribution in [1.29, 1.82) is 0 Å². The van der Waals surface area contributed by atoms with Gasteiger partial charge in [-0.2, -0.15) is 4.68 Å². The monoisotopic (exact) mass is 627 g/mol. The Morgan fingerprint density at radius 3 is 2.56 bits per heavy atom. The first-order chi connectivity index (χ1) is 20.7. The zero-order valence-corrected chi connectivity index (χ0v) is 24.8. The Hall–Kier alpha value is -4.79. The van der Waals surface area contributed by atoms with Crippen LogP contribution in [0.5, 0.6) is 0 Å². The fourth-order valence-electron chi connectivity index (χ4n) is 4.03. The second-order valence-corrected chi connectivity index (χ2v) is 9.62. The van der Waals surface area contributed by atoms with Gasteiger partial charge in [0, 0.05) is 34.5 Å². The summed E-state index contributed by atoms with van der Waals surface area (Å²) in [5.74, 6) is -0.660. The van der Waals surface area contributed by atoms with Crippen LogP contribution in [0.15, 0.2) is 54.9 Å². The van der Waals surface area contributed by atoms with Crippen molar-refractivity contribution in [3.05, 3.63) is 76.4 Å².